The number of hydrogen-bond acceptors (Lipinski definition) is 5. The summed E-state index contributed by atoms with van der Waals surface area (Å²) in [6.07, 6.45) is 1.78. The highest BCUT2D eigenvalue weighted by atomic mass is 32.1. The van der Waals surface area contributed by atoms with Crippen LogP contribution in [0.15, 0.2) is 54.0 Å². The van der Waals surface area contributed by atoms with Gasteiger partial charge in [-0.05, 0) is 26.0 Å². The summed E-state index contributed by atoms with van der Waals surface area (Å²) in [6.45, 7) is 4.79. The number of rotatable bonds is 6. The van der Waals surface area contributed by atoms with Crippen molar-refractivity contribution in [3.8, 4) is 10.6 Å². The molecule has 1 N–H and O–H groups in total. The lowest BCUT2D eigenvalue weighted by molar-refractivity contribution is 0.0944. The predicted octanol–water partition coefficient (Wildman–Crippen LogP) is 3.26. The van der Waals surface area contributed by atoms with Crippen LogP contribution in [-0.2, 0) is 13.2 Å². The van der Waals surface area contributed by atoms with E-state index >= 15 is 0 Å². The van der Waals surface area contributed by atoms with Gasteiger partial charge in [0, 0.05) is 22.8 Å². The topological polar surface area (TPSA) is 77.6 Å². The Morgan fingerprint density at radius 3 is 2.71 bits per heavy atom. The number of amides is 1. The first-order chi connectivity index (χ1) is 13.6. The standard InChI is InChI=1S/C20H20N6OS/c1-14-10-15(2)26(23-14)13-25-9-8-18(24-25)19(27)21-11-17-12-28-20(22-17)16-6-4-3-5-7-16/h3-10,12H,11,13H2,1-2H3,(H,21,27). The van der Waals surface area contributed by atoms with Crippen LogP contribution in [0.2, 0.25) is 0 Å². The van der Waals surface area contributed by atoms with E-state index in [0.29, 0.717) is 18.9 Å². The molecule has 3 heterocycles. The molecule has 1 amide bonds. The van der Waals surface area contributed by atoms with E-state index in [-0.39, 0.29) is 5.91 Å². The molecule has 7 nitrogen and oxygen atoms in total. The molecule has 142 valence electrons. The Bertz CT molecular complexity index is 1100. The Balaban J connectivity index is 1.36. The zero-order chi connectivity index (χ0) is 19.5. The fourth-order valence-electron chi connectivity index (χ4n) is 2.88. The highest BCUT2D eigenvalue weighted by Gasteiger charge is 2.11. The highest BCUT2D eigenvalue weighted by molar-refractivity contribution is 7.13. The van der Waals surface area contributed by atoms with Gasteiger partial charge in [-0.3, -0.25) is 9.48 Å². The average molecular weight is 392 g/mol. The molecule has 28 heavy (non-hydrogen) atoms. The smallest absolute Gasteiger partial charge is 0.272 e. The Kier molecular flexibility index (Phi) is 5.03. The molecule has 8 heteroatoms. The minimum atomic E-state index is -0.221. The first-order valence-electron chi connectivity index (χ1n) is 8.91. The molecule has 0 bridgehead atoms. The summed E-state index contributed by atoms with van der Waals surface area (Å²) >= 11 is 1.57. The number of hydrogen-bond donors (Lipinski definition) is 1. The van der Waals surface area contributed by atoms with Crippen LogP contribution < -0.4 is 5.32 Å². The normalized spacial score (nSPS) is 10.9. The number of carbonyl (C=O) groups is 1. The summed E-state index contributed by atoms with van der Waals surface area (Å²) in [4.78, 5) is 17.0. The summed E-state index contributed by atoms with van der Waals surface area (Å²) < 4.78 is 3.55. The molecule has 0 unspecified atom stereocenters. The van der Waals surface area contributed by atoms with E-state index in [1.165, 1.54) is 0 Å². The number of nitrogens with zero attached hydrogens (tertiary/aromatic N) is 5. The van der Waals surface area contributed by atoms with Crippen LogP contribution in [0.5, 0.6) is 0 Å². The number of carbonyl (C=O) groups excluding carboxylic acids is 1. The predicted molar refractivity (Wildman–Crippen MR) is 108 cm³/mol. The zero-order valence-corrected chi connectivity index (χ0v) is 16.5. The van der Waals surface area contributed by atoms with Gasteiger partial charge < -0.3 is 5.32 Å². The van der Waals surface area contributed by atoms with Crippen LogP contribution in [0, 0.1) is 13.8 Å². The second kappa shape index (κ2) is 7.77. The fourth-order valence-corrected chi connectivity index (χ4v) is 3.71. The maximum Gasteiger partial charge on any atom is 0.272 e. The van der Waals surface area contributed by atoms with Gasteiger partial charge in [-0.2, -0.15) is 10.2 Å². The third kappa shape index (κ3) is 4.01. The highest BCUT2D eigenvalue weighted by Crippen LogP contribution is 2.23. The van der Waals surface area contributed by atoms with Crippen LogP contribution in [0.3, 0.4) is 0 Å². The summed E-state index contributed by atoms with van der Waals surface area (Å²) in [5, 5.41) is 14.5. The molecule has 0 atom stereocenters. The van der Waals surface area contributed by atoms with E-state index in [1.807, 2.05) is 60.3 Å². The van der Waals surface area contributed by atoms with Crippen molar-refractivity contribution in [2.75, 3.05) is 0 Å². The Labute approximate surface area is 166 Å². The maximum atomic E-state index is 12.4. The summed E-state index contributed by atoms with van der Waals surface area (Å²) in [7, 11) is 0. The van der Waals surface area contributed by atoms with E-state index in [1.54, 1.807) is 28.3 Å². The van der Waals surface area contributed by atoms with Crippen molar-refractivity contribution in [3.05, 3.63) is 76.8 Å². The van der Waals surface area contributed by atoms with E-state index in [0.717, 1.165) is 27.7 Å². The van der Waals surface area contributed by atoms with Crippen LogP contribution in [0.25, 0.3) is 10.6 Å². The average Bonchev–Trinajstić information content (AvgIpc) is 3.42. The van der Waals surface area contributed by atoms with E-state index in [4.69, 9.17) is 0 Å². The summed E-state index contributed by atoms with van der Waals surface area (Å²) in [5.41, 5.74) is 4.30. The first-order valence-corrected chi connectivity index (χ1v) is 9.79. The molecule has 0 aliphatic carbocycles. The SMILES string of the molecule is Cc1cc(C)n(Cn2ccc(C(=O)NCc3csc(-c4ccccc4)n3)n2)n1. The van der Waals surface area contributed by atoms with Gasteiger partial charge in [-0.1, -0.05) is 30.3 Å². The van der Waals surface area contributed by atoms with Crippen LogP contribution in [-0.4, -0.2) is 30.5 Å². The maximum absolute atomic E-state index is 12.4. The quantitative estimate of drug-likeness (QED) is 0.546. The third-order valence-corrected chi connectivity index (χ3v) is 5.20. The molecule has 0 aliphatic rings. The lowest BCUT2D eigenvalue weighted by Gasteiger charge is -2.04. The molecule has 4 rings (SSSR count). The van der Waals surface area contributed by atoms with Gasteiger partial charge >= 0.3 is 0 Å². The molecule has 0 fully saturated rings. The van der Waals surface area contributed by atoms with Crippen molar-refractivity contribution in [2.45, 2.75) is 27.1 Å². The molecule has 3 aromatic heterocycles. The zero-order valence-electron chi connectivity index (χ0n) is 15.7. The van der Waals surface area contributed by atoms with Crippen molar-refractivity contribution < 1.29 is 4.79 Å². The van der Waals surface area contributed by atoms with Gasteiger partial charge in [-0.25, -0.2) is 9.67 Å². The Morgan fingerprint density at radius 2 is 1.96 bits per heavy atom. The molecule has 0 saturated heterocycles. The molecule has 0 saturated carbocycles. The van der Waals surface area contributed by atoms with Gasteiger partial charge in [0.25, 0.3) is 5.91 Å². The minimum Gasteiger partial charge on any atom is -0.345 e. The molecule has 0 spiro atoms. The number of benzene rings is 1. The van der Waals surface area contributed by atoms with Crippen molar-refractivity contribution in [1.29, 1.82) is 0 Å². The van der Waals surface area contributed by atoms with Crippen molar-refractivity contribution >= 4 is 17.2 Å². The lowest BCUT2D eigenvalue weighted by atomic mass is 10.2. The Hall–Kier alpha value is -3.26. The minimum absolute atomic E-state index is 0.221. The molecule has 4 aromatic rings. The van der Waals surface area contributed by atoms with Gasteiger partial charge in [-0.15, -0.1) is 11.3 Å². The first kappa shape index (κ1) is 18.1. The number of nitrogens with one attached hydrogen (secondary N) is 1. The van der Waals surface area contributed by atoms with E-state index < -0.39 is 0 Å². The second-order valence-corrected chi connectivity index (χ2v) is 7.36. The van der Waals surface area contributed by atoms with Crippen molar-refractivity contribution in [1.82, 2.24) is 29.9 Å². The Morgan fingerprint density at radius 1 is 1.14 bits per heavy atom. The van der Waals surface area contributed by atoms with Gasteiger partial charge in [0.2, 0.25) is 0 Å². The van der Waals surface area contributed by atoms with Crippen molar-refractivity contribution in [3.63, 3.8) is 0 Å². The second-order valence-electron chi connectivity index (χ2n) is 6.50. The number of aromatic nitrogens is 5. The van der Waals surface area contributed by atoms with E-state index in [2.05, 4.69) is 20.5 Å². The largest absolute Gasteiger partial charge is 0.345 e. The number of aryl methyl sites for hydroxylation is 2. The van der Waals surface area contributed by atoms with Gasteiger partial charge in [0.15, 0.2) is 0 Å². The third-order valence-electron chi connectivity index (χ3n) is 4.26. The van der Waals surface area contributed by atoms with Crippen LogP contribution in [0.4, 0.5) is 0 Å². The lowest BCUT2D eigenvalue weighted by Crippen LogP contribution is -2.24. The molecule has 1 aromatic carbocycles. The van der Waals surface area contributed by atoms with Crippen LogP contribution >= 0.6 is 11.3 Å². The molecular formula is C20H20N6OS. The van der Waals surface area contributed by atoms with Gasteiger partial charge in [0.1, 0.15) is 17.4 Å². The number of thiazole rings is 1. The fraction of sp³-hybridized carbons (Fsp3) is 0.200. The van der Waals surface area contributed by atoms with Crippen LogP contribution in [0.1, 0.15) is 27.6 Å². The van der Waals surface area contributed by atoms with Crippen molar-refractivity contribution in [2.24, 2.45) is 0 Å². The molecule has 0 radical (unpaired) electrons. The molecular weight excluding hydrogens is 372 g/mol. The summed E-state index contributed by atoms with van der Waals surface area (Å²) in [5.74, 6) is -0.221. The monoisotopic (exact) mass is 392 g/mol. The molecule has 0 aliphatic heterocycles. The van der Waals surface area contributed by atoms with Gasteiger partial charge in [0.05, 0.1) is 17.9 Å². The van der Waals surface area contributed by atoms with E-state index in [9.17, 15) is 4.79 Å². The summed E-state index contributed by atoms with van der Waals surface area (Å²) in [6, 6.07) is 13.7.